The highest BCUT2D eigenvalue weighted by molar-refractivity contribution is 6.38. The molecule has 2 aliphatic rings. The summed E-state index contributed by atoms with van der Waals surface area (Å²) in [6.45, 7) is 3.24. The first-order chi connectivity index (χ1) is 25.8. The van der Waals surface area contributed by atoms with Crippen molar-refractivity contribution in [1.29, 1.82) is 0 Å². The Bertz CT molecular complexity index is 2020. The number of nitro groups is 1. The summed E-state index contributed by atoms with van der Waals surface area (Å²) in [5.41, 5.74) is 5.51. The Morgan fingerprint density at radius 2 is 1.70 bits per heavy atom. The lowest BCUT2D eigenvalue weighted by Crippen LogP contribution is -2.55. The molecule has 4 atom stereocenters. The third-order valence-corrected chi connectivity index (χ3v) is 10.6. The number of amides is 3. The van der Waals surface area contributed by atoms with Crippen LogP contribution in [0.1, 0.15) is 76.1 Å². The van der Waals surface area contributed by atoms with Gasteiger partial charge in [-0.15, -0.1) is 5.10 Å². The first-order valence-electron chi connectivity index (χ1n) is 18.3. The number of nitrogens with one attached hydrogen (secondary N) is 2. The van der Waals surface area contributed by atoms with E-state index in [0.29, 0.717) is 23.6 Å². The van der Waals surface area contributed by atoms with Gasteiger partial charge in [0.05, 0.1) is 22.9 Å². The summed E-state index contributed by atoms with van der Waals surface area (Å²) in [5.74, 6) is -3.01. The number of aromatic nitrogens is 3. The monoisotopic (exact) mass is 738 g/mol. The molecule has 1 aromatic heterocycles. The molecule has 1 unspecified atom stereocenters. The summed E-state index contributed by atoms with van der Waals surface area (Å²) in [6, 6.07) is 15.5. The van der Waals surface area contributed by atoms with Gasteiger partial charge in [0.2, 0.25) is 17.6 Å². The van der Waals surface area contributed by atoms with Crippen LogP contribution >= 0.6 is 0 Å². The van der Waals surface area contributed by atoms with Gasteiger partial charge in [-0.05, 0) is 54.7 Å². The molecule has 0 spiro atoms. The lowest BCUT2D eigenvalue weighted by atomic mass is 9.84. The number of benzene rings is 3. The van der Waals surface area contributed by atoms with Crippen molar-refractivity contribution in [3.63, 3.8) is 0 Å². The van der Waals surface area contributed by atoms with E-state index in [0.717, 1.165) is 48.6 Å². The molecule has 54 heavy (non-hydrogen) atoms. The van der Waals surface area contributed by atoms with Crippen molar-refractivity contribution in [2.24, 2.45) is 11.7 Å². The van der Waals surface area contributed by atoms with Crippen LogP contribution in [0.4, 0.5) is 11.4 Å². The number of anilines is 1. The van der Waals surface area contributed by atoms with Crippen molar-refractivity contribution >= 4 is 45.7 Å². The Morgan fingerprint density at radius 3 is 2.37 bits per heavy atom. The highest BCUT2D eigenvalue weighted by Crippen LogP contribution is 2.34. The highest BCUT2D eigenvalue weighted by Gasteiger charge is 2.45. The van der Waals surface area contributed by atoms with Gasteiger partial charge in [-0.25, -0.2) is 4.68 Å². The number of hydrogen-bond acceptors (Lipinski definition) is 10. The number of nitrogens with two attached hydrogens (primary N) is 1. The smallest absolute Gasteiger partial charge is 0.287 e. The summed E-state index contributed by atoms with van der Waals surface area (Å²) in [5, 5.41) is 38.6. The number of carbonyl (C=O) groups excluding carboxylic acids is 4. The van der Waals surface area contributed by atoms with Crippen molar-refractivity contribution < 1.29 is 29.2 Å². The predicted octanol–water partition coefficient (Wildman–Crippen LogP) is 3.94. The average Bonchev–Trinajstić information content (AvgIpc) is 3.83. The van der Waals surface area contributed by atoms with Gasteiger partial charge in [0.25, 0.3) is 11.6 Å². The second-order valence-corrected chi connectivity index (χ2v) is 14.9. The van der Waals surface area contributed by atoms with Crippen LogP contribution in [-0.2, 0) is 31.2 Å². The fraction of sp³-hybridized carbons (Fsp3) is 0.436. The number of likely N-dealkylation sites (tertiary alicyclic amines) is 1. The Balaban J connectivity index is 1.32. The summed E-state index contributed by atoms with van der Waals surface area (Å²) < 4.78 is 1.53. The molecule has 6 rings (SSSR count). The lowest BCUT2D eigenvalue weighted by molar-refractivity contribution is -0.384. The Hall–Kier alpha value is -5.70. The average molecular weight is 739 g/mol. The molecule has 15 heteroatoms. The highest BCUT2D eigenvalue weighted by atomic mass is 16.6. The summed E-state index contributed by atoms with van der Waals surface area (Å²) >= 11 is 0. The van der Waals surface area contributed by atoms with Crippen molar-refractivity contribution in [3.8, 4) is 0 Å². The van der Waals surface area contributed by atoms with Crippen LogP contribution in [0.25, 0.3) is 10.8 Å². The molecule has 1 saturated carbocycles. The number of non-ortho nitro benzene ring substituents is 1. The molecule has 2 heterocycles. The molecule has 1 aliphatic heterocycles. The van der Waals surface area contributed by atoms with Crippen LogP contribution in [0.3, 0.4) is 0 Å². The number of fused-ring (bicyclic) bond motifs is 1. The van der Waals surface area contributed by atoms with Crippen LogP contribution in [-0.4, -0.2) is 78.1 Å². The Kier molecular flexibility index (Phi) is 11.4. The number of nitrogens with zero attached hydrogens (tertiary/aromatic N) is 5. The first kappa shape index (κ1) is 38.0. The number of Topliss-reactive ketones (excluding diaryl/α,β-unsaturated/α-hetero) is 1. The fourth-order valence-corrected chi connectivity index (χ4v) is 7.73. The fourth-order valence-electron chi connectivity index (χ4n) is 7.73. The van der Waals surface area contributed by atoms with Crippen LogP contribution in [0.2, 0.25) is 0 Å². The molecule has 3 amide bonds. The van der Waals surface area contributed by atoms with Crippen LogP contribution in [0, 0.1) is 16.0 Å². The summed E-state index contributed by atoms with van der Waals surface area (Å²) in [4.78, 5) is 66.6. The molecule has 1 saturated heterocycles. The molecule has 284 valence electrons. The Labute approximate surface area is 312 Å². The van der Waals surface area contributed by atoms with Crippen LogP contribution < -0.4 is 16.4 Å². The molecule has 3 aromatic carbocycles. The van der Waals surface area contributed by atoms with Gasteiger partial charge in [0.1, 0.15) is 23.7 Å². The van der Waals surface area contributed by atoms with E-state index in [9.17, 15) is 34.4 Å². The minimum atomic E-state index is -1.40. The number of primary amides is 1. The van der Waals surface area contributed by atoms with Gasteiger partial charge in [-0.1, -0.05) is 79.8 Å². The second kappa shape index (κ2) is 16.1. The van der Waals surface area contributed by atoms with E-state index in [1.165, 1.54) is 40.0 Å². The van der Waals surface area contributed by atoms with Gasteiger partial charge < -0.3 is 26.4 Å². The minimum Gasteiger partial charge on any atom is -0.384 e. The maximum Gasteiger partial charge on any atom is 0.287 e. The Morgan fingerprint density at radius 1 is 1.00 bits per heavy atom. The minimum absolute atomic E-state index is 0.0563. The predicted molar refractivity (Wildman–Crippen MR) is 200 cm³/mol. The zero-order valence-corrected chi connectivity index (χ0v) is 30.4. The van der Waals surface area contributed by atoms with Gasteiger partial charge in [0.15, 0.2) is 0 Å². The molecule has 0 bridgehead atoms. The van der Waals surface area contributed by atoms with Crippen LogP contribution in [0.15, 0.2) is 72.9 Å². The van der Waals surface area contributed by atoms with Gasteiger partial charge >= 0.3 is 0 Å². The van der Waals surface area contributed by atoms with E-state index >= 15 is 0 Å². The molecule has 5 N–H and O–H groups in total. The van der Waals surface area contributed by atoms with E-state index in [2.05, 4.69) is 20.9 Å². The topological polar surface area (TPSA) is 216 Å². The van der Waals surface area contributed by atoms with Crippen molar-refractivity contribution in [2.75, 3.05) is 11.9 Å². The van der Waals surface area contributed by atoms with E-state index in [4.69, 9.17) is 5.73 Å². The zero-order valence-electron chi connectivity index (χ0n) is 30.4. The SMILES string of the molecule is CC(C)(O)c1cnnn1[C@H]1C[C@@H](C(=O)NC(Cc2ccc([N+](=O)[O-])cc2)C(=O)C(N)=O)N(C(=O)[C@@H](CC2CCCCC2)Nc2ccc3ccccc3c2)C1. The number of aliphatic hydroxyl groups is 1. The van der Waals surface area contributed by atoms with Crippen LogP contribution in [0.5, 0.6) is 0 Å². The molecular weight excluding hydrogens is 692 g/mol. The second-order valence-electron chi connectivity index (χ2n) is 14.9. The normalized spacial score (nSPS) is 18.9. The maximum atomic E-state index is 14.9. The van der Waals surface area contributed by atoms with Crippen molar-refractivity contribution in [2.45, 2.75) is 95.0 Å². The van der Waals surface area contributed by atoms with Gasteiger partial charge in [0, 0.05) is 37.2 Å². The zero-order chi connectivity index (χ0) is 38.6. The maximum absolute atomic E-state index is 14.9. The summed E-state index contributed by atoms with van der Waals surface area (Å²) in [6.07, 6.45) is 7.17. The van der Waals surface area contributed by atoms with Gasteiger partial charge in [-0.2, -0.15) is 0 Å². The molecular formula is C39H46N8O7. The van der Waals surface area contributed by atoms with E-state index in [1.807, 2.05) is 42.5 Å². The number of hydrogen-bond donors (Lipinski definition) is 4. The molecule has 2 fully saturated rings. The first-order valence-corrected chi connectivity index (χ1v) is 18.3. The molecule has 4 aromatic rings. The van der Waals surface area contributed by atoms with Crippen molar-refractivity contribution in [3.05, 3.63) is 94.3 Å². The number of ketones is 1. The van der Waals surface area contributed by atoms with Crippen molar-refractivity contribution in [1.82, 2.24) is 25.2 Å². The van der Waals surface area contributed by atoms with E-state index in [-0.39, 0.29) is 31.0 Å². The third-order valence-electron chi connectivity index (χ3n) is 10.6. The number of rotatable bonds is 14. The molecule has 1 aliphatic carbocycles. The van der Waals surface area contributed by atoms with E-state index < -0.39 is 52.3 Å². The summed E-state index contributed by atoms with van der Waals surface area (Å²) in [7, 11) is 0. The number of nitro benzene ring substituents is 1. The van der Waals surface area contributed by atoms with Gasteiger partial charge in [-0.3, -0.25) is 29.3 Å². The lowest BCUT2D eigenvalue weighted by Gasteiger charge is -2.32. The molecule has 0 radical (unpaired) electrons. The largest absolute Gasteiger partial charge is 0.384 e. The quantitative estimate of drug-likeness (QED) is 0.0830. The molecule has 15 nitrogen and oxygen atoms in total. The third kappa shape index (κ3) is 8.73. The standard InChI is InChI=1S/C39H46N8O7/c1-39(2,52)34-22-41-44-46(34)30-21-33(37(50)43-31(35(48)36(40)49)18-25-12-16-29(17-13-25)47(53)54)45(23-30)38(51)32(19-24-8-4-3-5-9-24)42-28-15-14-26-10-6-7-11-27(26)20-28/h6-7,10-17,20,22,24,30-33,42,52H,3-5,8-9,18-19,21,23H2,1-2H3,(H2,40,49)(H,43,50)/t30-,31?,32+,33-/m0/s1. The number of carbonyl (C=O) groups is 4. The van der Waals surface area contributed by atoms with E-state index in [1.54, 1.807) is 13.8 Å².